The Balaban J connectivity index is 1.85. The summed E-state index contributed by atoms with van der Waals surface area (Å²) in [7, 11) is 0. The lowest BCUT2D eigenvalue weighted by molar-refractivity contribution is 0.692. The maximum Gasteiger partial charge on any atom is 0.161 e. The van der Waals surface area contributed by atoms with Crippen LogP contribution in [0.3, 0.4) is 0 Å². The number of hydrogen-bond acceptors (Lipinski definition) is 4. The summed E-state index contributed by atoms with van der Waals surface area (Å²) < 4.78 is 0. The molecule has 0 bridgehead atoms. The van der Waals surface area contributed by atoms with Crippen LogP contribution in [0.2, 0.25) is 0 Å². The molecule has 2 atom stereocenters. The minimum Gasteiger partial charge on any atom is -0.367 e. The van der Waals surface area contributed by atoms with Crippen LogP contribution < -0.4 is 5.32 Å². The number of anilines is 1. The van der Waals surface area contributed by atoms with Crippen LogP contribution in [0.15, 0.2) is 24.5 Å². The van der Waals surface area contributed by atoms with Crippen molar-refractivity contribution in [1.29, 1.82) is 0 Å². The standard InChI is InChI=1S/C17H22N4/c1-4-5-14-10-15(14)20-16-11(2)12(3)19-17(21-16)13-6-8-18-9-7-13/h6-9,14-15H,4-5,10H2,1-3H3,(H,19,20,21). The van der Waals surface area contributed by atoms with Crippen LogP contribution in [0.1, 0.15) is 37.4 Å². The fourth-order valence-corrected chi connectivity index (χ4v) is 2.69. The molecule has 2 heterocycles. The van der Waals surface area contributed by atoms with Crippen molar-refractivity contribution < 1.29 is 0 Å². The molecule has 1 aliphatic rings. The van der Waals surface area contributed by atoms with Gasteiger partial charge in [-0.25, -0.2) is 9.97 Å². The quantitative estimate of drug-likeness (QED) is 0.907. The van der Waals surface area contributed by atoms with E-state index in [0.29, 0.717) is 6.04 Å². The molecule has 4 heteroatoms. The molecule has 0 aromatic carbocycles. The lowest BCUT2D eigenvalue weighted by atomic mass is 10.2. The Hall–Kier alpha value is -1.97. The van der Waals surface area contributed by atoms with E-state index in [9.17, 15) is 0 Å². The highest BCUT2D eigenvalue weighted by Gasteiger charge is 2.36. The van der Waals surface area contributed by atoms with Crippen molar-refractivity contribution in [1.82, 2.24) is 15.0 Å². The van der Waals surface area contributed by atoms with Crippen molar-refractivity contribution in [3.8, 4) is 11.4 Å². The average molecular weight is 282 g/mol. The fraction of sp³-hybridized carbons (Fsp3) is 0.471. The van der Waals surface area contributed by atoms with E-state index < -0.39 is 0 Å². The molecule has 0 spiro atoms. The summed E-state index contributed by atoms with van der Waals surface area (Å²) in [6.07, 6.45) is 7.38. The highest BCUT2D eigenvalue weighted by molar-refractivity contribution is 5.59. The molecule has 2 unspecified atom stereocenters. The Morgan fingerprint density at radius 2 is 1.95 bits per heavy atom. The zero-order valence-corrected chi connectivity index (χ0v) is 12.9. The molecule has 1 saturated carbocycles. The van der Waals surface area contributed by atoms with Gasteiger partial charge in [0.05, 0.1) is 0 Å². The number of nitrogens with one attached hydrogen (secondary N) is 1. The van der Waals surface area contributed by atoms with Crippen molar-refractivity contribution in [2.75, 3.05) is 5.32 Å². The van der Waals surface area contributed by atoms with E-state index in [-0.39, 0.29) is 0 Å². The van der Waals surface area contributed by atoms with Gasteiger partial charge in [-0.15, -0.1) is 0 Å². The summed E-state index contributed by atoms with van der Waals surface area (Å²) in [6.45, 7) is 6.38. The maximum atomic E-state index is 4.73. The third-order valence-corrected chi connectivity index (χ3v) is 4.23. The van der Waals surface area contributed by atoms with Gasteiger partial charge in [0, 0.05) is 35.3 Å². The van der Waals surface area contributed by atoms with Crippen molar-refractivity contribution in [2.45, 2.75) is 46.1 Å². The number of aryl methyl sites for hydroxylation is 1. The third kappa shape index (κ3) is 3.04. The van der Waals surface area contributed by atoms with Crippen LogP contribution in [0.5, 0.6) is 0 Å². The summed E-state index contributed by atoms with van der Waals surface area (Å²) in [5.74, 6) is 2.57. The molecular formula is C17H22N4. The summed E-state index contributed by atoms with van der Waals surface area (Å²) in [6, 6.07) is 4.48. The summed E-state index contributed by atoms with van der Waals surface area (Å²) in [5.41, 5.74) is 3.19. The molecule has 1 N–H and O–H groups in total. The largest absolute Gasteiger partial charge is 0.367 e. The molecule has 0 aliphatic heterocycles. The first kappa shape index (κ1) is 14.0. The van der Waals surface area contributed by atoms with Crippen molar-refractivity contribution >= 4 is 5.82 Å². The molecule has 1 aliphatic carbocycles. The normalized spacial score (nSPS) is 20.3. The van der Waals surface area contributed by atoms with E-state index in [1.807, 2.05) is 19.1 Å². The first-order valence-electron chi connectivity index (χ1n) is 7.71. The van der Waals surface area contributed by atoms with Crippen LogP contribution in [-0.2, 0) is 0 Å². The maximum absolute atomic E-state index is 4.73. The van der Waals surface area contributed by atoms with Gasteiger partial charge in [-0.05, 0) is 44.7 Å². The van der Waals surface area contributed by atoms with Gasteiger partial charge < -0.3 is 5.32 Å². The molecule has 1 fully saturated rings. The van der Waals surface area contributed by atoms with Gasteiger partial charge in [0.1, 0.15) is 5.82 Å². The number of rotatable bonds is 5. The molecule has 0 saturated heterocycles. The van der Waals surface area contributed by atoms with Crippen LogP contribution in [-0.4, -0.2) is 21.0 Å². The highest BCUT2D eigenvalue weighted by atomic mass is 15.1. The lowest BCUT2D eigenvalue weighted by Crippen LogP contribution is -2.10. The minimum atomic E-state index is 0.586. The molecule has 0 amide bonds. The molecule has 110 valence electrons. The van der Waals surface area contributed by atoms with E-state index in [1.54, 1.807) is 12.4 Å². The lowest BCUT2D eigenvalue weighted by Gasteiger charge is -2.12. The smallest absolute Gasteiger partial charge is 0.161 e. The Labute approximate surface area is 126 Å². The number of pyridine rings is 1. The molecule has 2 aromatic rings. The van der Waals surface area contributed by atoms with Crippen molar-refractivity contribution in [2.24, 2.45) is 5.92 Å². The monoisotopic (exact) mass is 282 g/mol. The van der Waals surface area contributed by atoms with Gasteiger partial charge in [0.2, 0.25) is 0 Å². The van der Waals surface area contributed by atoms with Crippen LogP contribution in [0.4, 0.5) is 5.82 Å². The van der Waals surface area contributed by atoms with Crippen LogP contribution >= 0.6 is 0 Å². The number of aromatic nitrogens is 3. The highest BCUT2D eigenvalue weighted by Crippen LogP contribution is 2.37. The van der Waals surface area contributed by atoms with Gasteiger partial charge in [-0.3, -0.25) is 4.98 Å². The van der Waals surface area contributed by atoms with E-state index in [4.69, 9.17) is 4.98 Å². The second-order valence-corrected chi connectivity index (χ2v) is 5.88. The summed E-state index contributed by atoms with van der Waals surface area (Å²) in [4.78, 5) is 13.4. The second kappa shape index (κ2) is 5.80. The first-order valence-corrected chi connectivity index (χ1v) is 7.71. The molecular weight excluding hydrogens is 260 g/mol. The predicted octanol–water partition coefficient (Wildman–Crippen LogP) is 3.76. The second-order valence-electron chi connectivity index (χ2n) is 5.88. The van der Waals surface area contributed by atoms with Gasteiger partial charge in [0.25, 0.3) is 0 Å². The average Bonchev–Trinajstić information content (AvgIpc) is 3.23. The van der Waals surface area contributed by atoms with E-state index in [2.05, 4.69) is 29.1 Å². The first-order chi connectivity index (χ1) is 10.2. The molecule has 0 radical (unpaired) electrons. The number of hydrogen-bond donors (Lipinski definition) is 1. The Bertz CT molecular complexity index is 624. The zero-order chi connectivity index (χ0) is 14.8. The number of nitrogens with zero attached hydrogens (tertiary/aromatic N) is 3. The topological polar surface area (TPSA) is 50.7 Å². The Morgan fingerprint density at radius 3 is 2.67 bits per heavy atom. The van der Waals surface area contributed by atoms with Crippen molar-refractivity contribution in [3.63, 3.8) is 0 Å². The summed E-state index contributed by atoms with van der Waals surface area (Å²) in [5, 5.41) is 3.60. The van der Waals surface area contributed by atoms with Crippen LogP contribution in [0, 0.1) is 19.8 Å². The van der Waals surface area contributed by atoms with Gasteiger partial charge in [0.15, 0.2) is 5.82 Å². The molecule has 21 heavy (non-hydrogen) atoms. The van der Waals surface area contributed by atoms with E-state index in [0.717, 1.165) is 34.4 Å². The minimum absolute atomic E-state index is 0.586. The van der Waals surface area contributed by atoms with Gasteiger partial charge in [-0.2, -0.15) is 0 Å². The Kier molecular flexibility index (Phi) is 3.86. The molecule has 3 rings (SSSR count). The predicted molar refractivity (Wildman–Crippen MR) is 85.2 cm³/mol. The van der Waals surface area contributed by atoms with Gasteiger partial charge >= 0.3 is 0 Å². The van der Waals surface area contributed by atoms with Crippen LogP contribution in [0.25, 0.3) is 11.4 Å². The van der Waals surface area contributed by atoms with Crippen molar-refractivity contribution in [3.05, 3.63) is 35.8 Å². The Morgan fingerprint density at radius 1 is 1.19 bits per heavy atom. The molecule has 2 aromatic heterocycles. The summed E-state index contributed by atoms with van der Waals surface area (Å²) >= 11 is 0. The molecule has 4 nitrogen and oxygen atoms in total. The fourth-order valence-electron chi connectivity index (χ4n) is 2.69. The zero-order valence-electron chi connectivity index (χ0n) is 12.9. The third-order valence-electron chi connectivity index (χ3n) is 4.23. The van der Waals surface area contributed by atoms with E-state index >= 15 is 0 Å². The van der Waals surface area contributed by atoms with E-state index in [1.165, 1.54) is 19.3 Å². The SMILES string of the molecule is CCCC1CC1Nc1nc(-c2ccncc2)nc(C)c1C. The van der Waals surface area contributed by atoms with Gasteiger partial charge in [-0.1, -0.05) is 13.3 Å².